The summed E-state index contributed by atoms with van der Waals surface area (Å²) in [5, 5.41) is 0.914. The van der Waals surface area contributed by atoms with Gasteiger partial charge in [-0.05, 0) is 42.0 Å². The molecule has 2 aromatic carbocycles. The zero-order valence-corrected chi connectivity index (χ0v) is 19.7. The van der Waals surface area contributed by atoms with Gasteiger partial charge in [0.25, 0.3) is 5.91 Å². The Kier molecular flexibility index (Phi) is 6.78. The number of halogens is 1. The fourth-order valence-electron chi connectivity index (χ4n) is 4.09. The van der Waals surface area contributed by atoms with Crippen molar-refractivity contribution < 1.29 is 13.4 Å². The predicted molar refractivity (Wildman–Crippen MR) is 134 cm³/mol. The number of nitrogens with zero attached hydrogens (tertiary/aromatic N) is 4. The number of fused-ring (bicyclic) bond motifs is 1. The Labute approximate surface area is 205 Å². The number of piperazine rings is 1. The number of para-hydroxylation sites is 1. The molecular formula is C26H24FN5O2S. The lowest BCUT2D eigenvalue weighted by Crippen LogP contribution is -2.48. The summed E-state index contributed by atoms with van der Waals surface area (Å²) < 4.78 is 29.0. The van der Waals surface area contributed by atoms with Crippen molar-refractivity contribution in [1.82, 2.24) is 19.8 Å². The van der Waals surface area contributed by atoms with Crippen molar-refractivity contribution in [1.29, 1.82) is 0 Å². The molecule has 1 fully saturated rings. The van der Waals surface area contributed by atoms with Gasteiger partial charge >= 0.3 is 0 Å². The van der Waals surface area contributed by atoms with Gasteiger partial charge in [0.2, 0.25) is 0 Å². The monoisotopic (exact) mass is 489 g/mol. The molecule has 35 heavy (non-hydrogen) atoms. The number of anilines is 1. The van der Waals surface area contributed by atoms with Gasteiger partial charge in [0.1, 0.15) is 11.5 Å². The minimum atomic E-state index is -1.53. The highest BCUT2D eigenvalue weighted by molar-refractivity contribution is 7.86. The summed E-state index contributed by atoms with van der Waals surface area (Å²) >= 11 is 0. The molecule has 4 aromatic rings. The lowest BCUT2D eigenvalue weighted by atomic mass is 10.2. The van der Waals surface area contributed by atoms with E-state index in [9.17, 15) is 13.4 Å². The fourth-order valence-corrected chi connectivity index (χ4v) is 5.08. The van der Waals surface area contributed by atoms with E-state index in [0.717, 1.165) is 30.6 Å². The molecule has 1 amide bonds. The van der Waals surface area contributed by atoms with Gasteiger partial charge in [0.05, 0.1) is 22.3 Å². The van der Waals surface area contributed by atoms with Gasteiger partial charge in [-0.25, -0.2) is 13.6 Å². The zero-order valence-electron chi connectivity index (χ0n) is 18.9. The molecule has 0 saturated carbocycles. The van der Waals surface area contributed by atoms with Crippen molar-refractivity contribution in [2.75, 3.05) is 30.9 Å². The highest BCUT2D eigenvalue weighted by Crippen LogP contribution is 2.21. The van der Waals surface area contributed by atoms with E-state index in [1.807, 2.05) is 24.3 Å². The molecule has 0 radical (unpaired) electrons. The van der Waals surface area contributed by atoms with E-state index in [1.54, 1.807) is 41.4 Å². The topological polar surface area (TPSA) is 78.4 Å². The molecule has 0 bridgehead atoms. The summed E-state index contributed by atoms with van der Waals surface area (Å²) in [4.78, 5) is 26.2. The van der Waals surface area contributed by atoms with Crippen molar-refractivity contribution >= 4 is 33.5 Å². The number of hydrogen-bond donors (Lipinski definition) is 1. The van der Waals surface area contributed by atoms with Crippen LogP contribution in [0.15, 0.2) is 84.0 Å². The summed E-state index contributed by atoms with van der Waals surface area (Å²) in [6, 6.07) is 19.2. The van der Waals surface area contributed by atoms with E-state index >= 15 is 0 Å². The molecule has 1 saturated heterocycles. The third-order valence-electron chi connectivity index (χ3n) is 5.97. The lowest BCUT2D eigenvalue weighted by molar-refractivity contribution is 0.0622. The number of amides is 1. The molecule has 2 aromatic heterocycles. The first-order chi connectivity index (χ1) is 17.1. The molecule has 1 aliphatic rings. The minimum Gasteiger partial charge on any atom is -0.335 e. The standard InChI is InChI=1S/C26H24FN5O2S/c27-21-8-6-19(7-9-21)18-31-13-15-32(16-14-31)26(33)23-11-10-22(17-29-23)30-35(34)24-5-1-3-20-4-2-12-28-25(20)24/h1-12,17,30H,13-16,18H2. The molecule has 0 aliphatic carbocycles. The van der Waals surface area contributed by atoms with Crippen LogP contribution in [-0.4, -0.2) is 56.1 Å². The second kappa shape index (κ2) is 10.3. The van der Waals surface area contributed by atoms with Crippen molar-refractivity contribution in [2.24, 2.45) is 0 Å². The summed E-state index contributed by atoms with van der Waals surface area (Å²) in [7, 11) is -1.53. The molecule has 1 atom stereocenters. The molecule has 1 N–H and O–H groups in total. The third-order valence-corrected chi connectivity index (χ3v) is 7.12. The lowest BCUT2D eigenvalue weighted by Gasteiger charge is -2.34. The maximum Gasteiger partial charge on any atom is 0.272 e. The Morgan fingerprint density at radius 1 is 0.943 bits per heavy atom. The molecule has 3 heterocycles. The zero-order chi connectivity index (χ0) is 24.2. The van der Waals surface area contributed by atoms with Gasteiger partial charge < -0.3 is 4.90 Å². The third kappa shape index (κ3) is 5.36. The van der Waals surface area contributed by atoms with Crippen molar-refractivity contribution in [3.63, 3.8) is 0 Å². The van der Waals surface area contributed by atoms with Crippen molar-refractivity contribution in [3.05, 3.63) is 96.2 Å². The van der Waals surface area contributed by atoms with Crippen LogP contribution in [0.5, 0.6) is 0 Å². The summed E-state index contributed by atoms with van der Waals surface area (Å²) in [5.41, 5.74) is 2.63. The van der Waals surface area contributed by atoms with E-state index in [1.165, 1.54) is 18.3 Å². The second-order valence-electron chi connectivity index (χ2n) is 8.33. The number of carbonyl (C=O) groups excluding carboxylic acids is 1. The van der Waals surface area contributed by atoms with Gasteiger partial charge in [-0.2, -0.15) is 0 Å². The van der Waals surface area contributed by atoms with E-state index in [2.05, 4.69) is 19.6 Å². The van der Waals surface area contributed by atoms with E-state index in [-0.39, 0.29) is 11.7 Å². The van der Waals surface area contributed by atoms with Gasteiger partial charge in [-0.15, -0.1) is 0 Å². The Morgan fingerprint density at radius 2 is 1.71 bits per heavy atom. The van der Waals surface area contributed by atoms with Crippen molar-refractivity contribution in [2.45, 2.75) is 11.4 Å². The maximum atomic E-state index is 13.1. The molecule has 9 heteroatoms. The van der Waals surface area contributed by atoms with Gasteiger partial charge in [0, 0.05) is 44.3 Å². The summed E-state index contributed by atoms with van der Waals surface area (Å²) in [6.45, 7) is 3.39. The van der Waals surface area contributed by atoms with Crippen LogP contribution in [0, 0.1) is 5.82 Å². The van der Waals surface area contributed by atoms with Crippen LogP contribution in [0.2, 0.25) is 0 Å². The summed E-state index contributed by atoms with van der Waals surface area (Å²) in [5.74, 6) is -0.368. The number of nitrogens with one attached hydrogen (secondary N) is 1. The molecule has 1 unspecified atom stereocenters. The average Bonchev–Trinajstić information content (AvgIpc) is 2.90. The first-order valence-corrected chi connectivity index (χ1v) is 12.5. The first kappa shape index (κ1) is 23.1. The number of pyridine rings is 2. The van der Waals surface area contributed by atoms with Gasteiger partial charge in [0.15, 0.2) is 11.0 Å². The van der Waals surface area contributed by atoms with Crippen LogP contribution in [0.3, 0.4) is 0 Å². The molecule has 0 spiro atoms. The van der Waals surface area contributed by atoms with E-state index < -0.39 is 11.0 Å². The van der Waals surface area contributed by atoms with Crippen LogP contribution >= 0.6 is 0 Å². The van der Waals surface area contributed by atoms with Crippen LogP contribution in [0.25, 0.3) is 10.9 Å². The Bertz CT molecular complexity index is 1350. The first-order valence-electron chi connectivity index (χ1n) is 11.3. The van der Waals surface area contributed by atoms with Crippen LogP contribution < -0.4 is 4.72 Å². The van der Waals surface area contributed by atoms with Crippen LogP contribution in [0.4, 0.5) is 10.1 Å². The van der Waals surface area contributed by atoms with Crippen LogP contribution in [0.1, 0.15) is 16.1 Å². The highest BCUT2D eigenvalue weighted by Gasteiger charge is 2.23. The average molecular weight is 490 g/mol. The van der Waals surface area contributed by atoms with Crippen molar-refractivity contribution in [3.8, 4) is 0 Å². The normalized spacial score (nSPS) is 15.2. The number of rotatable bonds is 6. The van der Waals surface area contributed by atoms with Crippen LogP contribution in [-0.2, 0) is 17.5 Å². The Hall–Kier alpha value is -3.69. The van der Waals surface area contributed by atoms with Gasteiger partial charge in [-0.3, -0.25) is 19.4 Å². The predicted octanol–water partition coefficient (Wildman–Crippen LogP) is 3.86. The second-order valence-corrected chi connectivity index (χ2v) is 9.51. The van der Waals surface area contributed by atoms with E-state index in [4.69, 9.17) is 0 Å². The molecule has 1 aliphatic heterocycles. The fraction of sp³-hybridized carbons (Fsp3) is 0.192. The molecule has 5 rings (SSSR count). The maximum absolute atomic E-state index is 13.1. The molecular weight excluding hydrogens is 465 g/mol. The minimum absolute atomic E-state index is 0.127. The quantitative estimate of drug-likeness (QED) is 0.445. The Balaban J connectivity index is 1.18. The largest absolute Gasteiger partial charge is 0.335 e. The van der Waals surface area contributed by atoms with Gasteiger partial charge in [-0.1, -0.05) is 30.3 Å². The SMILES string of the molecule is O=C(c1ccc(NS(=O)c2cccc3cccnc23)cn1)N1CCN(Cc2ccc(F)cc2)CC1. The smallest absolute Gasteiger partial charge is 0.272 e. The van der Waals surface area contributed by atoms with E-state index in [0.29, 0.717) is 34.9 Å². The summed E-state index contributed by atoms with van der Waals surface area (Å²) in [6.07, 6.45) is 3.20. The molecule has 178 valence electrons. The highest BCUT2D eigenvalue weighted by atomic mass is 32.2. The number of benzene rings is 2. The number of carbonyl (C=O) groups is 1. The number of aromatic nitrogens is 2. The Morgan fingerprint density at radius 3 is 2.46 bits per heavy atom. The molecule has 7 nitrogen and oxygen atoms in total. The number of hydrogen-bond acceptors (Lipinski definition) is 5.